The van der Waals surface area contributed by atoms with E-state index in [9.17, 15) is 4.57 Å². The maximum absolute atomic E-state index is 11.6. The van der Waals surface area contributed by atoms with E-state index in [2.05, 4.69) is 11.1 Å². The van der Waals surface area contributed by atoms with Crippen LogP contribution in [0.15, 0.2) is 12.1 Å². The molecule has 0 unspecified atom stereocenters. The van der Waals surface area contributed by atoms with Crippen LogP contribution in [0.25, 0.3) is 0 Å². The molecule has 15 heavy (non-hydrogen) atoms. The molecule has 0 fully saturated rings. The molecule has 1 heterocycles. The third-order valence-corrected chi connectivity index (χ3v) is 2.81. The molecule has 1 aromatic heterocycles. The molecule has 0 bridgehead atoms. The minimum absolute atomic E-state index is 0. The summed E-state index contributed by atoms with van der Waals surface area (Å²) in [6.45, 7) is 3.55. The van der Waals surface area contributed by atoms with E-state index < -0.39 is 7.14 Å². The fraction of sp³-hybridized carbons (Fsp3) is 0.500. The molecule has 1 rings (SSSR count). The van der Waals surface area contributed by atoms with Gasteiger partial charge in [0, 0.05) is 38.5 Å². The first-order valence-corrected chi connectivity index (χ1v) is 7.25. The first-order valence-electron chi connectivity index (χ1n) is 4.47. The molecule has 0 atom stereocenters. The van der Waals surface area contributed by atoms with Crippen molar-refractivity contribution in [1.82, 2.24) is 4.98 Å². The Morgan fingerprint density at radius 1 is 1.40 bits per heavy atom. The van der Waals surface area contributed by atoms with Crippen molar-refractivity contribution in [3.63, 3.8) is 0 Å². The average molecular weight is 300 g/mol. The van der Waals surface area contributed by atoms with Crippen LogP contribution in [-0.2, 0) is 43.4 Å². The van der Waals surface area contributed by atoms with E-state index >= 15 is 0 Å². The van der Waals surface area contributed by atoms with Gasteiger partial charge < -0.3 is 14.4 Å². The quantitative estimate of drug-likeness (QED) is 0.633. The minimum atomic E-state index is -2.04. The van der Waals surface area contributed by atoms with Crippen LogP contribution in [0.5, 0.6) is 0 Å². The van der Waals surface area contributed by atoms with Gasteiger partial charge in [0.05, 0.1) is 7.14 Å². The van der Waals surface area contributed by atoms with Gasteiger partial charge in [0.25, 0.3) is 0 Å². The summed E-state index contributed by atoms with van der Waals surface area (Å²) in [7, 11) is 1.82. The summed E-state index contributed by atoms with van der Waals surface area (Å²) < 4.78 is 11.6. The number of aromatic nitrogens is 1. The van der Waals surface area contributed by atoms with E-state index in [1.54, 1.807) is 19.4 Å². The largest absolute Gasteiger partial charge is 0.414 e. The topological polar surface area (TPSA) is 33.2 Å². The predicted molar refractivity (Wildman–Crippen MR) is 60.6 cm³/mol. The first kappa shape index (κ1) is 15.3. The summed E-state index contributed by atoms with van der Waals surface area (Å²) in [4.78, 5) is 6.29. The van der Waals surface area contributed by atoms with Crippen molar-refractivity contribution in [3.05, 3.63) is 23.9 Å². The molecule has 0 spiro atoms. The molecule has 0 amide bonds. The zero-order valence-electron chi connectivity index (χ0n) is 9.69. The summed E-state index contributed by atoms with van der Waals surface area (Å²) >= 11 is 0. The molecule has 81 valence electrons. The molecular weight excluding hydrogens is 284 g/mol. The van der Waals surface area contributed by atoms with Crippen molar-refractivity contribution in [2.45, 2.75) is 6.16 Å². The van der Waals surface area contributed by atoms with Gasteiger partial charge in [-0.3, -0.25) is 0 Å². The third kappa shape index (κ3) is 5.80. The minimum Gasteiger partial charge on any atom is -0.414 e. The van der Waals surface area contributed by atoms with Crippen LogP contribution in [0.3, 0.4) is 0 Å². The van der Waals surface area contributed by atoms with E-state index in [-0.39, 0.29) is 32.7 Å². The third-order valence-electron chi connectivity index (χ3n) is 1.72. The monoisotopic (exact) mass is 300 g/mol. The van der Waals surface area contributed by atoms with Crippen molar-refractivity contribution in [2.75, 3.05) is 32.3 Å². The molecule has 0 N–H and O–H groups in total. The van der Waals surface area contributed by atoms with Crippen LogP contribution in [0, 0.1) is 6.07 Å². The summed E-state index contributed by atoms with van der Waals surface area (Å²) in [5.74, 6) is 0.857. The Hall–Kier alpha value is 0.284. The molecule has 0 aromatic carbocycles. The predicted octanol–water partition coefficient (Wildman–Crippen LogP) is 2.07. The van der Waals surface area contributed by atoms with Gasteiger partial charge in [0.15, 0.2) is 0 Å². The summed E-state index contributed by atoms with van der Waals surface area (Å²) in [6, 6.07) is 6.63. The molecule has 0 aliphatic heterocycles. The Morgan fingerprint density at radius 2 is 2.00 bits per heavy atom. The van der Waals surface area contributed by atoms with Crippen molar-refractivity contribution in [2.24, 2.45) is 0 Å². The molecule has 0 saturated heterocycles. The molecule has 5 heteroatoms. The van der Waals surface area contributed by atoms with Crippen molar-refractivity contribution in [3.8, 4) is 0 Å². The molecule has 0 aliphatic carbocycles. The Balaban J connectivity index is 0.00000196. The molecule has 1 radical (unpaired) electrons. The van der Waals surface area contributed by atoms with Gasteiger partial charge in [0.1, 0.15) is 0 Å². The smallest absolute Gasteiger partial charge is 0.0766 e. The molecule has 0 aliphatic rings. The summed E-state index contributed by atoms with van der Waals surface area (Å²) in [6.07, 6.45) is 0.547. The molecule has 3 nitrogen and oxygen atoms in total. The number of hydrogen-bond donors (Lipinski definition) is 0. The van der Waals surface area contributed by atoms with Gasteiger partial charge in [-0.05, 0) is 33.6 Å². The van der Waals surface area contributed by atoms with Crippen LogP contribution < -0.4 is 4.90 Å². The van der Waals surface area contributed by atoms with Gasteiger partial charge in [-0.25, -0.2) is 0 Å². The summed E-state index contributed by atoms with van der Waals surface area (Å²) in [5, 5.41) is 0. The number of hydrogen-bond acceptors (Lipinski definition) is 3. The van der Waals surface area contributed by atoms with Gasteiger partial charge in [0.2, 0.25) is 0 Å². The van der Waals surface area contributed by atoms with E-state index in [0.717, 1.165) is 11.5 Å². The van der Waals surface area contributed by atoms with Crippen LogP contribution in [0.2, 0.25) is 0 Å². The van der Waals surface area contributed by atoms with E-state index in [1.807, 2.05) is 25.1 Å². The number of rotatable bonds is 3. The van der Waals surface area contributed by atoms with Crippen LogP contribution in [0.4, 0.5) is 5.82 Å². The van der Waals surface area contributed by atoms with Gasteiger partial charge in [-0.2, -0.15) is 12.1 Å². The maximum Gasteiger partial charge on any atom is 0.0766 e. The Kier molecular flexibility index (Phi) is 6.24. The van der Waals surface area contributed by atoms with Crippen LogP contribution in [-0.4, -0.2) is 32.4 Å². The summed E-state index contributed by atoms with van der Waals surface area (Å²) in [5.41, 5.74) is 0.851. The zero-order valence-corrected chi connectivity index (χ0v) is 13.4. The first-order chi connectivity index (χ1) is 6.38. The number of anilines is 1. The Labute approximate surface area is 117 Å². The normalized spacial score (nSPS) is 10.7. The second-order valence-electron chi connectivity index (χ2n) is 4.04. The van der Waals surface area contributed by atoms with Crippen molar-refractivity contribution >= 4 is 13.0 Å². The SMILES string of the molecule is CN(C)c1c[c-]cc(CP(C)(C)=O)n1.[Y]. The molecule has 1 aromatic rings. The zero-order chi connectivity index (χ0) is 10.8. The molecule has 0 saturated carbocycles. The van der Waals surface area contributed by atoms with Gasteiger partial charge >= 0.3 is 0 Å². The fourth-order valence-corrected chi connectivity index (χ4v) is 2.07. The fourth-order valence-electron chi connectivity index (χ4n) is 1.12. The number of nitrogens with zero attached hydrogens (tertiary/aromatic N) is 2. The van der Waals surface area contributed by atoms with Crippen molar-refractivity contribution in [1.29, 1.82) is 0 Å². The van der Waals surface area contributed by atoms with Gasteiger partial charge in [-0.15, -0.1) is 6.07 Å². The average Bonchev–Trinajstić information content (AvgIpc) is 2.01. The Morgan fingerprint density at radius 3 is 2.47 bits per heavy atom. The Bertz CT molecular complexity index is 362. The maximum atomic E-state index is 11.6. The standard InChI is InChI=1S/C10H16N2OP.Y/c1-12(2)10-7-5-6-9(11-10)8-14(3,4)13;/h6-7H,8H2,1-4H3;/q-1;. The van der Waals surface area contributed by atoms with Crippen LogP contribution >= 0.6 is 7.14 Å². The number of pyridine rings is 1. The van der Waals surface area contributed by atoms with E-state index in [4.69, 9.17) is 0 Å². The van der Waals surface area contributed by atoms with E-state index in [1.165, 1.54) is 0 Å². The van der Waals surface area contributed by atoms with Crippen molar-refractivity contribution < 1.29 is 37.3 Å². The van der Waals surface area contributed by atoms with Crippen LogP contribution in [0.1, 0.15) is 5.69 Å². The second-order valence-corrected chi connectivity index (χ2v) is 7.51. The van der Waals surface area contributed by atoms with E-state index in [0.29, 0.717) is 6.16 Å². The molecular formula is C10H16N2OPY-. The van der Waals surface area contributed by atoms with Gasteiger partial charge in [-0.1, -0.05) is 5.69 Å². The second kappa shape index (κ2) is 6.13.